The van der Waals surface area contributed by atoms with E-state index in [1.54, 1.807) is 18.2 Å². The number of anilines is 1. The molecule has 0 atom stereocenters. The van der Waals surface area contributed by atoms with Gasteiger partial charge in [-0.05, 0) is 12.1 Å². The van der Waals surface area contributed by atoms with E-state index in [1.165, 1.54) is 40.1 Å². The summed E-state index contributed by atoms with van der Waals surface area (Å²) in [5, 5.41) is 0. The molecule has 0 fully saturated rings. The number of carbonyl (C=O) groups excluding carboxylic acids is 1. The molecule has 1 aromatic carbocycles. The summed E-state index contributed by atoms with van der Waals surface area (Å²) in [6, 6.07) is 5.06. The molecular weight excluding hydrogens is 322 g/mol. The molecule has 0 unspecified atom stereocenters. The molecule has 0 aliphatic rings. The zero-order chi connectivity index (χ0) is 17.6. The number of methoxy groups -OCH3 is 2. The van der Waals surface area contributed by atoms with E-state index in [4.69, 9.17) is 9.47 Å². The number of nitrogens with one attached hydrogen (secondary N) is 1. The van der Waals surface area contributed by atoms with Crippen molar-refractivity contribution < 1.29 is 22.7 Å². The molecule has 0 aliphatic heterocycles. The molecule has 1 aromatic rings. The van der Waals surface area contributed by atoms with Crippen molar-refractivity contribution in [1.29, 1.82) is 0 Å². The van der Waals surface area contributed by atoms with Crippen molar-refractivity contribution in [2.75, 3.05) is 46.3 Å². The first-order valence-electron chi connectivity index (χ1n) is 6.90. The number of carbonyl (C=O) groups is 1. The SMILES string of the molecule is COc1ccc(N(CCNS(=O)(=O)N(C)C)C(C)=O)c(OC)c1. The summed E-state index contributed by atoms with van der Waals surface area (Å²) in [4.78, 5) is 13.3. The van der Waals surface area contributed by atoms with Crippen molar-refractivity contribution in [3.63, 3.8) is 0 Å². The average Bonchev–Trinajstić information content (AvgIpc) is 2.50. The van der Waals surface area contributed by atoms with Crippen LogP contribution < -0.4 is 19.1 Å². The average molecular weight is 345 g/mol. The number of amides is 1. The number of hydrogen-bond acceptors (Lipinski definition) is 5. The minimum atomic E-state index is -3.53. The van der Waals surface area contributed by atoms with Gasteiger partial charge in [0.1, 0.15) is 11.5 Å². The van der Waals surface area contributed by atoms with E-state index in [0.717, 1.165) is 4.31 Å². The van der Waals surface area contributed by atoms with Crippen molar-refractivity contribution in [2.45, 2.75) is 6.92 Å². The van der Waals surface area contributed by atoms with Gasteiger partial charge in [0.25, 0.3) is 10.2 Å². The van der Waals surface area contributed by atoms with Crippen molar-refractivity contribution in [2.24, 2.45) is 0 Å². The van der Waals surface area contributed by atoms with Crippen LogP contribution >= 0.6 is 0 Å². The van der Waals surface area contributed by atoms with E-state index in [-0.39, 0.29) is 19.0 Å². The maximum atomic E-state index is 11.9. The van der Waals surface area contributed by atoms with E-state index in [0.29, 0.717) is 17.2 Å². The van der Waals surface area contributed by atoms with E-state index in [1.807, 2.05) is 0 Å². The van der Waals surface area contributed by atoms with Crippen LogP contribution in [-0.4, -0.2) is 60.0 Å². The second-order valence-corrected chi connectivity index (χ2v) is 6.86. The molecule has 1 N–H and O–H groups in total. The lowest BCUT2D eigenvalue weighted by atomic mass is 10.2. The van der Waals surface area contributed by atoms with Crippen LogP contribution in [0.3, 0.4) is 0 Å². The molecule has 0 saturated heterocycles. The maximum Gasteiger partial charge on any atom is 0.278 e. The Morgan fingerprint density at radius 2 is 1.87 bits per heavy atom. The Morgan fingerprint density at radius 1 is 1.22 bits per heavy atom. The molecule has 1 amide bonds. The van der Waals surface area contributed by atoms with Crippen LogP contribution in [0.15, 0.2) is 18.2 Å². The Hall–Kier alpha value is -1.84. The molecular formula is C14H23N3O5S. The van der Waals surface area contributed by atoms with Crippen LogP contribution in [0.5, 0.6) is 11.5 Å². The van der Waals surface area contributed by atoms with Gasteiger partial charge in [0.15, 0.2) is 0 Å². The van der Waals surface area contributed by atoms with Gasteiger partial charge in [-0.3, -0.25) is 4.79 Å². The number of rotatable bonds is 8. The summed E-state index contributed by atoms with van der Waals surface area (Å²) in [6.45, 7) is 1.66. The fourth-order valence-electron chi connectivity index (χ4n) is 1.87. The molecule has 23 heavy (non-hydrogen) atoms. The van der Waals surface area contributed by atoms with Gasteiger partial charge in [0, 0.05) is 40.2 Å². The van der Waals surface area contributed by atoms with Crippen molar-refractivity contribution in [3.8, 4) is 11.5 Å². The highest BCUT2D eigenvalue weighted by Gasteiger charge is 2.18. The third kappa shape index (κ3) is 5.08. The molecule has 8 nitrogen and oxygen atoms in total. The van der Waals surface area contributed by atoms with Gasteiger partial charge in [-0.25, -0.2) is 4.72 Å². The van der Waals surface area contributed by atoms with Gasteiger partial charge in [0.05, 0.1) is 19.9 Å². The molecule has 0 radical (unpaired) electrons. The highest BCUT2D eigenvalue weighted by molar-refractivity contribution is 7.87. The first-order chi connectivity index (χ1) is 10.7. The van der Waals surface area contributed by atoms with Crippen molar-refractivity contribution in [3.05, 3.63) is 18.2 Å². The Bertz CT molecular complexity index is 646. The van der Waals surface area contributed by atoms with Gasteiger partial charge in [0.2, 0.25) is 5.91 Å². The minimum absolute atomic E-state index is 0.0786. The van der Waals surface area contributed by atoms with Crippen LogP contribution in [0.4, 0.5) is 5.69 Å². The normalized spacial score (nSPS) is 11.4. The fraction of sp³-hybridized carbons (Fsp3) is 0.500. The molecule has 0 spiro atoms. The summed E-state index contributed by atoms with van der Waals surface area (Å²) >= 11 is 0. The third-order valence-corrected chi connectivity index (χ3v) is 4.69. The summed E-state index contributed by atoms with van der Waals surface area (Å²) < 4.78 is 37.3. The molecule has 0 saturated carbocycles. The number of nitrogens with zero attached hydrogens (tertiary/aromatic N) is 2. The molecule has 0 heterocycles. The predicted octanol–water partition coefficient (Wildman–Crippen LogP) is 0.453. The smallest absolute Gasteiger partial charge is 0.278 e. The molecule has 0 aliphatic carbocycles. The zero-order valence-corrected chi connectivity index (χ0v) is 14.8. The lowest BCUT2D eigenvalue weighted by Gasteiger charge is -2.24. The van der Waals surface area contributed by atoms with Crippen LogP contribution in [-0.2, 0) is 15.0 Å². The Balaban J connectivity index is 2.94. The Kier molecular flexibility index (Phi) is 6.79. The zero-order valence-electron chi connectivity index (χ0n) is 14.0. The third-order valence-electron chi connectivity index (χ3n) is 3.16. The highest BCUT2D eigenvalue weighted by atomic mass is 32.2. The summed E-state index contributed by atoms with van der Waals surface area (Å²) in [5.74, 6) is 0.843. The van der Waals surface area contributed by atoms with Crippen LogP contribution in [0.25, 0.3) is 0 Å². The van der Waals surface area contributed by atoms with Crippen molar-refractivity contribution >= 4 is 21.8 Å². The van der Waals surface area contributed by atoms with Gasteiger partial charge in [-0.15, -0.1) is 0 Å². The number of benzene rings is 1. The lowest BCUT2D eigenvalue weighted by Crippen LogP contribution is -2.41. The Morgan fingerprint density at radius 3 is 2.35 bits per heavy atom. The Labute approximate surface area is 137 Å². The predicted molar refractivity (Wildman–Crippen MR) is 88.2 cm³/mol. The number of ether oxygens (including phenoxy) is 2. The second-order valence-electron chi connectivity index (χ2n) is 4.89. The second kappa shape index (κ2) is 8.14. The van der Waals surface area contributed by atoms with E-state index < -0.39 is 10.2 Å². The van der Waals surface area contributed by atoms with Crippen LogP contribution in [0.2, 0.25) is 0 Å². The summed E-state index contributed by atoms with van der Waals surface area (Å²) in [7, 11) is 2.35. The minimum Gasteiger partial charge on any atom is -0.497 e. The van der Waals surface area contributed by atoms with Crippen LogP contribution in [0.1, 0.15) is 6.92 Å². The lowest BCUT2D eigenvalue weighted by molar-refractivity contribution is -0.116. The first-order valence-corrected chi connectivity index (χ1v) is 8.34. The van der Waals surface area contributed by atoms with Gasteiger partial charge in [-0.2, -0.15) is 12.7 Å². The van der Waals surface area contributed by atoms with E-state index >= 15 is 0 Å². The van der Waals surface area contributed by atoms with E-state index in [9.17, 15) is 13.2 Å². The quantitative estimate of drug-likeness (QED) is 0.739. The summed E-state index contributed by atoms with van der Waals surface area (Å²) in [6.07, 6.45) is 0. The van der Waals surface area contributed by atoms with Crippen LogP contribution in [0, 0.1) is 0 Å². The molecule has 0 bridgehead atoms. The molecule has 0 aromatic heterocycles. The first kappa shape index (κ1) is 19.2. The summed E-state index contributed by atoms with van der Waals surface area (Å²) in [5.41, 5.74) is 0.546. The standard InChI is InChI=1S/C14H23N3O5S/c1-11(18)17(9-8-15-23(19,20)16(2)3)13-7-6-12(21-4)10-14(13)22-5/h6-7,10,15H,8-9H2,1-5H3. The largest absolute Gasteiger partial charge is 0.497 e. The number of hydrogen-bond donors (Lipinski definition) is 1. The highest BCUT2D eigenvalue weighted by Crippen LogP contribution is 2.32. The molecule has 1 rings (SSSR count). The monoisotopic (exact) mass is 345 g/mol. The van der Waals surface area contributed by atoms with Gasteiger partial charge in [-0.1, -0.05) is 0 Å². The van der Waals surface area contributed by atoms with Gasteiger partial charge >= 0.3 is 0 Å². The topological polar surface area (TPSA) is 88.2 Å². The van der Waals surface area contributed by atoms with Crippen molar-refractivity contribution in [1.82, 2.24) is 9.03 Å². The van der Waals surface area contributed by atoms with E-state index in [2.05, 4.69) is 4.72 Å². The molecule has 130 valence electrons. The maximum absolute atomic E-state index is 11.9. The van der Waals surface area contributed by atoms with Gasteiger partial charge < -0.3 is 14.4 Å². The molecule has 9 heteroatoms. The fourth-order valence-corrected chi connectivity index (χ4v) is 2.48.